The van der Waals surface area contributed by atoms with Crippen molar-refractivity contribution < 1.29 is 18.0 Å². The van der Waals surface area contributed by atoms with Gasteiger partial charge in [-0.25, -0.2) is 9.50 Å². The van der Waals surface area contributed by atoms with E-state index in [9.17, 15) is 18.0 Å². The normalized spacial score (nSPS) is 14.7. The molecule has 1 amide bonds. The highest BCUT2D eigenvalue weighted by molar-refractivity contribution is 7.15. The number of anilines is 1. The van der Waals surface area contributed by atoms with E-state index in [1.807, 2.05) is 31.2 Å². The number of piperazine rings is 1. The van der Waals surface area contributed by atoms with Gasteiger partial charge in [-0.2, -0.15) is 18.3 Å². The maximum Gasteiger partial charge on any atom is 0.433 e. The summed E-state index contributed by atoms with van der Waals surface area (Å²) < 4.78 is 42.4. The lowest BCUT2D eigenvalue weighted by atomic mass is 10.2. The molecule has 0 spiro atoms. The average molecular weight is 520 g/mol. The lowest BCUT2D eigenvalue weighted by molar-refractivity contribution is -0.142. The molecule has 5 rings (SSSR count). The summed E-state index contributed by atoms with van der Waals surface area (Å²) in [5, 5.41) is 4.65. The number of carbonyl (C=O) groups excluding carboxylic acids is 1. The van der Waals surface area contributed by atoms with Gasteiger partial charge in [0.2, 0.25) is 0 Å². The Morgan fingerprint density at radius 1 is 1.09 bits per heavy atom. The van der Waals surface area contributed by atoms with Crippen molar-refractivity contribution >= 4 is 40.2 Å². The second-order valence-corrected chi connectivity index (χ2v) is 9.81. The van der Waals surface area contributed by atoms with E-state index in [1.165, 1.54) is 17.4 Å². The van der Waals surface area contributed by atoms with Crippen LogP contribution in [0.2, 0.25) is 5.02 Å². The van der Waals surface area contributed by atoms with E-state index in [0.29, 0.717) is 40.6 Å². The van der Waals surface area contributed by atoms with Gasteiger partial charge in [-0.3, -0.25) is 4.79 Å². The van der Waals surface area contributed by atoms with Crippen molar-refractivity contribution in [2.45, 2.75) is 19.5 Å². The van der Waals surface area contributed by atoms with Crippen LogP contribution in [0.25, 0.3) is 16.2 Å². The van der Waals surface area contributed by atoms with Crippen LogP contribution >= 0.6 is 22.9 Å². The van der Waals surface area contributed by atoms with E-state index >= 15 is 0 Å². The number of thiophene rings is 1. The molecule has 0 bridgehead atoms. The summed E-state index contributed by atoms with van der Waals surface area (Å²) >= 11 is 7.48. The van der Waals surface area contributed by atoms with Crippen molar-refractivity contribution in [3.05, 3.63) is 69.8 Å². The molecule has 0 radical (unpaired) electrons. The van der Waals surface area contributed by atoms with E-state index in [-0.39, 0.29) is 17.0 Å². The number of aromatic nitrogens is 3. The van der Waals surface area contributed by atoms with Gasteiger partial charge in [0.1, 0.15) is 0 Å². The first-order valence-electron chi connectivity index (χ1n) is 11.1. The van der Waals surface area contributed by atoms with Crippen molar-refractivity contribution in [2.24, 2.45) is 0 Å². The van der Waals surface area contributed by atoms with Crippen LogP contribution in [-0.4, -0.2) is 51.6 Å². The Hall–Kier alpha value is -3.11. The molecule has 0 aliphatic carbocycles. The molecule has 4 heterocycles. The minimum absolute atomic E-state index is 0.0119. The largest absolute Gasteiger partial charge is 0.433 e. The van der Waals surface area contributed by atoms with Crippen LogP contribution in [0.1, 0.15) is 28.0 Å². The van der Waals surface area contributed by atoms with Gasteiger partial charge in [0.25, 0.3) is 5.91 Å². The summed E-state index contributed by atoms with van der Waals surface area (Å²) in [6.45, 7) is 3.97. The standard InChI is InChI=1S/C24H21ClF3N5OS/c1-2-17-6-7-20(35-17)18-13-21(24(26,27)28)33-22(29-18)14-19(30-33)23(34)32-10-8-31(9-11-32)16-5-3-4-15(25)12-16/h3-7,12-14H,2,8-11H2,1H3. The maximum atomic E-state index is 13.9. The Morgan fingerprint density at radius 3 is 2.51 bits per heavy atom. The van der Waals surface area contributed by atoms with Gasteiger partial charge in [0, 0.05) is 47.8 Å². The molecule has 3 aromatic heterocycles. The summed E-state index contributed by atoms with van der Waals surface area (Å²) in [6.07, 6.45) is -3.87. The van der Waals surface area contributed by atoms with Gasteiger partial charge in [-0.1, -0.05) is 24.6 Å². The highest BCUT2D eigenvalue weighted by Crippen LogP contribution is 2.34. The number of hydrogen-bond donors (Lipinski definition) is 0. The van der Waals surface area contributed by atoms with Crippen LogP contribution in [0.3, 0.4) is 0 Å². The van der Waals surface area contributed by atoms with Crippen molar-refractivity contribution in [2.75, 3.05) is 31.1 Å². The van der Waals surface area contributed by atoms with Crippen LogP contribution < -0.4 is 4.90 Å². The minimum Gasteiger partial charge on any atom is -0.368 e. The molecule has 0 unspecified atom stereocenters. The van der Waals surface area contributed by atoms with E-state index in [1.54, 1.807) is 17.0 Å². The zero-order valence-corrected chi connectivity index (χ0v) is 20.3. The third-order valence-corrected chi connectivity index (χ3v) is 7.43. The van der Waals surface area contributed by atoms with E-state index in [2.05, 4.69) is 15.0 Å². The summed E-state index contributed by atoms with van der Waals surface area (Å²) in [5.74, 6) is -0.416. The van der Waals surface area contributed by atoms with Crippen LogP contribution in [0, 0.1) is 0 Å². The monoisotopic (exact) mass is 519 g/mol. The molecule has 1 aromatic carbocycles. The van der Waals surface area contributed by atoms with Gasteiger partial charge < -0.3 is 9.80 Å². The molecule has 1 aliphatic heterocycles. The highest BCUT2D eigenvalue weighted by Gasteiger charge is 2.36. The quantitative estimate of drug-likeness (QED) is 0.349. The molecule has 1 saturated heterocycles. The third-order valence-electron chi connectivity index (χ3n) is 5.94. The predicted octanol–water partition coefficient (Wildman–Crippen LogP) is 5.65. The fourth-order valence-corrected chi connectivity index (χ4v) is 5.21. The molecule has 11 heteroatoms. The summed E-state index contributed by atoms with van der Waals surface area (Å²) in [7, 11) is 0. The van der Waals surface area contributed by atoms with Crippen molar-refractivity contribution in [1.29, 1.82) is 0 Å². The van der Waals surface area contributed by atoms with Crippen LogP contribution in [0.4, 0.5) is 18.9 Å². The maximum absolute atomic E-state index is 13.9. The molecular formula is C24H21ClF3N5OS. The molecule has 0 N–H and O–H groups in total. The third kappa shape index (κ3) is 4.72. The molecule has 1 fully saturated rings. The molecule has 6 nitrogen and oxygen atoms in total. The molecule has 1 aliphatic rings. The van der Waals surface area contributed by atoms with Crippen molar-refractivity contribution in [3.63, 3.8) is 0 Å². The second-order valence-electron chi connectivity index (χ2n) is 8.20. The van der Waals surface area contributed by atoms with E-state index < -0.39 is 17.8 Å². The fourth-order valence-electron chi connectivity index (χ4n) is 4.12. The first kappa shape index (κ1) is 23.6. The minimum atomic E-state index is -4.66. The first-order chi connectivity index (χ1) is 16.7. The smallest absolute Gasteiger partial charge is 0.368 e. The van der Waals surface area contributed by atoms with E-state index in [0.717, 1.165) is 23.1 Å². The number of nitrogens with zero attached hydrogens (tertiary/aromatic N) is 5. The number of amides is 1. The van der Waals surface area contributed by atoms with Gasteiger partial charge in [0.05, 0.1) is 10.6 Å². The van der Waals surface area contributed by atoms with Crippen molar-refractivity contribution in [3.8, 4) is 10.6 Å². The number of halogens is 4. The number of hydrogen-bond acceptors (Lipinski definition) is 5. The Labute approximate surface area is 208 Å². The van der Waals surface area contributed by atoms with E-state index in [4.69, 9.17) is 11.6 Å². The number of alkyl halides is 3. The first-order valence-corrected chi connectivity index (χ1v) is 12.3. The Bertz CT molecular complexity index is 1390. The van der Waals surface area contributed by atoms with Crippen LogP contribution in [-0.2, 0) is 12.6 Å². The Balaban J connectivity index is 1.42. The second kappa shape index (κ2) is 9.16. The zero-order chi connectivity index (χ0) is 24.7. The van der Waals surface area contributed by atoms with Crippen LogP contribution in [0.5, 0.6) is 0 Å². The fraction of sp³-hybridized carbons (Fsp3) is 0.292. The SMILES string of the molecule is CCc1ccc(-c2cc(C(F)(F)F)n3nc(C(=O)N4CCN(c5cccc(Cl)c5)CC4)cc3n2)s1. The number of benzene rings is 1. The number of fused-ring (bicyclic) bond motifs is 1. The number of aryl methyl sites for hydroxylation is 1. The van der Waals surface area contributed by atoms with Gasteiger partial charge in [-0.15, -0.1) is 11.3 Å². The van der Waals surface area contributed by atoms with Crippen molar-refractivity contribution in [1.82, 2.24) is 19.5 Å². The lowest BCUT2D eigenvalue weighted by Crippen LogP contribution is -2.48. The molecule has 4 aromatic rings. The van der Waals surface area contributed by atoms with Gasteiger partial charge in [0.15, 0.2) is 17.0 Å². The lowest BCUT2D eigenvalue weighted by Gasteiger charge is -2.35. The highest BCUT2D eigenvalue weighted by atomic mass is 35.5. The predicted molar refractivity (Wildman–Crippen MR) is 130 cm³/mol. The van der Waals surface area contributed by atoms with Crippen LogP contribution in [0.15, 0.2) is 48.5 Å². The molecule has 0 atom stereocenters. The molecular weight excluding hydrogens is 499 g/mol. The van der Waals surface area contributed by atoms with Gasteiger partial charge >= 0.3 is 6.18 Å². The topological polar surface area (TPSA) is 53.7 Å². The summed E-state index contributed by atoms with van der Waals surface area (Å²) in [6, 6.07) is 13.4. The molecule has 0 saturated carbocycles. The summed E-state index contributed by atoms with van der Waals surface area (Å²) in [5.41, 5.74) is 0.139. The zero-order valence-electron chi connectivity index (χ0n) is 18.7. The Morgan fingerprint density at radius 2 is 1.86 bits per heavy atom. The molecule has 35 heavy (non-hydrogen) atoms. The number of rotatable bonds is 4. The van der Waals surface area contributed by atoms with Gasteiger partial charge in [-0.05, 0) is 42.8 Å². The molecule has 182 valence electrons. The summed E-state index contributed by atoms with van der Waals surface area (Å²) in [4.78, 5) is 22.9. The Kier molecular flexibility index (Phi) is 6.18. The number of carbonyl (C=O) groups is 1. The average Bonchev–Trinajstić information content (AvgIpc) is 3.49.